The summed E-state index contributed by atoms with van der Waals surface area (Å²) in [5.74, 6) is -0.0625. The molecule has 1 aliphatic rings. The number of likely N-dealkylation sites (tertiary alicyclic amines) is 1. The molecule has 0 aromatic carbocycles. The van der Waals surface area contributed by atoms with Crippen LogP contribution in [0.4, 0.5) is 0 Å². The lowest BCUT2D eigenvalue weighted by Crippen LogP contribution is -2.33. The molecule has 1 amide bonds. The minimum atomic E-state index is -0.0625. The van der Waals surface area contributed by atoms with Crippen molar-refractivity contribution in [1.82, 2.24) is 20.0 Å². The molecular weight excluding hydrogens is 268 g/mol. The van der Waals surface area contributed by atoms with Gasteiger partial charge in [0.25, 0.3) is 5.91 Å². The van der Waals surface area contributed by atoms with Crippen LogP contribution in [0.2, 0.25) is 0 Å². The van der Waals surface area contributed by atoms with Crippen LogP contribution >= 0.6 is 0 Å². The zero-order valence-electron chi connectivity index (χ0n) is 13.0. The summed E-state index contributed by atoms with van der Waals surface area (Å²) in [4.78, 5) is 14.3. The topological polar surface area (TPSA) is 70.4 Å². The van der Waals surface area contributed by atoms with Gasteiger partial charge >= 0.3 is 0 Å². The summed E-state index contributed by atoms with van der Waals surface area (Å²) < 4.78 is 1.61. The van der Waals surface area contributed by atoms with Gasteiger partial charge in [-0.2, -0.15) is 5.10 Å². The van der Waals surface area contributed by atoms with Gasteiger partial charge in [-0.05, 0) is 51.8 Å². The quantitative estimate of drug-likeness (QED) is 0.726. The Morgan fingerprint density at radius 2 is 2.33 bits per heavy atom. The number of nitrogens with zero attached hydrogens (tertiary/aromatic N) is 3. The molecule has 1 aromatic rings. The Morgan fingerprint density at radius 3 is 3.00 bits per heavy atom. The molecule has 2 rings (SSSR count). The van der Waals surface area contributed by atoms with Crippen molar-refractivity contribution in [3.63, 3.8) is 0 Å². The van der Waals surface area contributed by atoms with E-state index in [1.807, 2.05) is 6.92 Å². The van der Waals surface area contributed by atoms with Crippen LogP contribution < -0.4 is 5.32 Å². The Morgan fingerprint density at radius 1 is 1.52 bits per heavy atom. The molecule has 6 heteroatoms. The van der Waals surface area contributed by atoms with Crippen molar-refractivity contribution in [3.8, 4) is 0 Å². The number of unbranched alkanes of at least 4 members (excludes halogenated alkanes) is 1. The van der Waals surface area contributed by atoms with E-state index in [0.717, 1.165) is 38.0 Å². The number of carbonyl (C=O) groups is 1. The van der Waals surface area contributed by atoms with Crippen molar-refractivity contribution in [2.75, 3.05) is 26.2 Å². The maximum atomic E-state index is 12.0. The van der Waals surface area contributed by atoms with Crippen LogP contribution in [-0.2, 0) is 7.05 Å². The van der Waals surface area contributed by atoms with E-state index >= 15 is 0 Å². The number of aromatic nitrogens is 2. The Bertz CT molecular complexity index is 472. The summed E-state index contributed by atoms with van der Waals surface area (Å²) in [5, 5.41) is 16.4. The van der Waals surface area contributed by atoms with Crippen molar-refractivity contribution in [3.05, 3.63) is 17.5 Å². The third-order valence-electron chi connectivity index (χ3n) is 4.10. The first-order valence-corrected chi connectivity index (χ1v) is 7.75. The van der Waals surface area contributed by atoms with Crippen LogP contribution in [0.25, 0.3) is 0 Å². The third kappa shape index (κ3) is 4.28. The van der Waals surface area contributed by atoms with Gasteiger partial charge in [0.05, 0.1) is 12.3 Å². The normalized spacial score (nSPS) is 19.1. The van der Waals surface area contributed by atoms with Gasteiger partial charge < -0.3 is 10.4 Å². The van der Waals surface area contributed by atoms with Gasteiger partial charge in [0.15, 0.2) is 0 Å². The standard InChI is InChI=1S/C15H26N4O2/c1-12-10-14(18(2)17-12)15(21)16-7-3-4-8-19-9-5-6-13(19)11-20/h10,13,20H,3-9,11H2,1-2H3,(H,16,21). The van der Waals surface area contributed by atoms with Crippen LogP contribution in [0.1, 0.15) is 41.9 Å². The molecule has 6 nitrogen and oxygen atoms in total. The number of aliphatic hydroxyl groups is 1. The summed E-state index contributed by atoms with van der Waals surface area (Å²) in [6, 6.07) is 2.14. The SMILES string of the molecule is Cc1cc(C(=O)NCCCCN2CCCC2CO)n(C)n1. The number of hydrogen-bond donors (Lipinski definition) is 2. The monoisotopic (exact) mass is 294 g/mol. The maximum absolute atomic E-state index is 12.0. The Balaban J connectivity index is 1.63. The predicted molar refractivity (Wildman–Crippen MR) is 81.2 cm³/mol. The molecule has 1 unspecified atom stereocenters. The summed E-state index contributed by atoms with van der Waals surface area (Å²) in [6.45, 7) is 4.92. The lowest BCUT2D eigenvalue weighted by molar-refractivity contribution is 0.0942. The minimum Gasteiger partial charge on any atom is -0.395 e. The van der Waals surface area contributed by atoms with E-state index in [4.69, 9.17) is 0 Å². The third-order valence-corrected chi connectivity index (χ3v) is 4.10. The van der Waals surface area contributed by atoms with Crippen molar-refractivity contribution in [2.24, 2.45) is 7.05 Å². The molecule has 1 fully saturated rings. The average Bonchev–Trinajstić information content (AvgIpc) is 3.04. The molecule has 0 saturated carbocycles. The second-order valence-electron chi connectivity index (χ2n) is 5.77. The summed E-state index contributed by atoms with van der Waals surface area (Å²) in [5.41, 5.74) is 1.46. The first-order chi connectivity index (χ1) is 10.1. The number of hydrogen-bond acceptors (Lipinski definition) is 4. The number of nitrogens with one attached hydrogen (secondary N) is 1. The first-order valence-electron chi connectivity index (χ1n) is 7.75. The molecule has 0 radical (unpaired) electrons. The minimum absolute atomic E-state index is 0.0625. The molecular formula is C15H26N4O2. The van der Waals surface area contributed by atoms with Gasteiger partial charge in [-0.1, -0.05) is 0 Å². The van der Waals surface area contributed by atoms with Crippen LogP contribution in [0, 0.1) is 6.92 Å². The zero-order chi connectivity index (χ0) is 15.2. The van der Waals surface area contributed by atoms with E-state index in [9.17, 15) is 9.90 Å². The fraction of sp³-hybridized carbons (Fsp3) is 0.733. The van der Waals surface area contributed by atoms with Gasteiger partial charge in [-0.3, -0.25) is 14.4 Å². The van der Waals surface area contributed by atoms with Crippen molar-refractivity contribution in [2.45, 2.75) is 38.6 Å². The lowest BCUT2D eigenvalue weighted by Gasteiger charge is -2.22. The Labute approximate surface area is 126 Å². The highest BCUT2D eigenvalue weighted by Gasteiger charge is 2.22. The molecule has 21 heavy (non-hydrogen) atoms. The van der Waals surface area contributed by atoms with E-state index < -0.39 is 0 Å². The molecule has 2 heterocycles. The van der Waals surface area contributed by atoms with Gasteiger partial charge in [0, 0.05) is 19.6 Å². The summed E-state index contributed by atoms with van der Waals surface area (Å²) >= 11 is 0. The van der Waals surface area contributed by atoms with Gasteiger partial charge in [-0.15, -0.1) is 0 Å². The fourth-order valence-corrected chi connectivity index (χ4v) is 2.95. The molecule has 1 aliphatic heterocycles. The Kier molecular flexibility index (Phi) is 5.76. The van der Waals surface area contributed by atoms with E-state index in [0.29, 0.717) is 18.3 Å². The van der Waals surface area contributed by atoms with Crippen molar-refractivity contribution in [1.29, 1.82) is 0 Å². The first kappa shape index (κ1) is 16.0. The van der Waals surface area contributed by atoms with Crippen molar-refractivity contribution >= 4 is 5.91 Å². The van der Waals surface area contributed by atoms with Crippen molar-refractivity contribution < 1.29 is 9.90 Å². The second-order valence-corrected chi connectivity index (χ2v) is 5.77. The number of carbonyl (C=O) groups excluding carboxylic acids is 1. The van der Waals surface area contributed by atoms with Gasteiger partial charge in [0.2, 0.25) is 0 Å². The number of aryl methyl sites for hydroxylation is 2. The van der Waals surface area contributed by atoms with E-state index in [1.54, 1.807) is 17.8 Å². The average molecular weight is 294 g/mol. The zero-order valence-corrected chi connectivity index (χ0v) is 13.0. The van der Waals surface area contributed by atoms with Gasteiger partial charge in [-0.25, -0.2) is 0 Å². The van der Waals surface area contributed by atoms with Gasteiger partial charge in [0.1, 0.15) is 5.69 Å². The molecule has 1 aromatic heterocycles. The predicted octanol–water partition coefficient (Wildman–Crippen LogP) is 0.695. The highest BCUT2D eigenvalue weighted by Crippen LogP contribution is 2.16. The van der Waals surface area contributed by atoms with E-state index in [1.165, 1.54) is 6.42 Å². The smallest absolute Gasteiger partial charge is 0.269 e. The molecule has 1 atom stereocenters. The highest BCUT2D eigenvalue weighted by molar-refractivity contribution is 5.92. The lowest BCUT2D eigenvalue weighted by atomic mass is 10.2. The molecule has 0 bridgehead atoms. The molecule has 0 aliphatic carbocycles. The maximum Gasteiger partial charge on any atom is 0.269 e. The number of rotatable bonds is 7. The molecule has 118 valence electrons. The second kappa shape index (κ2) is 7.56. The van der Waals surface area contributed by atoms with E-state index in [2.05, 4.69) is 15.3 Å². The molecule has 0 spiro atoms. The van der Waals surface area contributed by atoms with Crippen LogP contribution in [0.15, 0.2) is 6.07 Å². The summed E-state index contributed by atoms with van der Waals surface area (Å²) in [7, 11) is 1.78. The number of aliphatic hydroxyl groups excluding tert-OH is 1. The van der Waals surface area contributed by atoms with Crippen LogP contribution in [-0.4, -0.2) is 58.0 Å². The highest BCUT2D eigenvalue weighted by atomic mass is 16.3. The van der Waals surface area contributed by atoms with E-state index in [-0.39, 0.29) is 12.5 Å². The number of amides is 1. The molecule has 1 saturated heterocycles. The van der Waals surface area contributed by atoms with Crippen LogP contribution in [0.5, 0.6) is 0 Å². The molecule has 2 N–H and O–H groups in total. The van der Waals surface area contributed by atoms with Crippen LogP contribution in [0.3, 0.4) is 0 Å². The summed E-state index contributed by atoms with van der Waals surface area (Å²) in [6.07, 6.45) is 4.29. The Hall–Kier alpha value is -1.40. The largest absolute Gasteiger partial charge is 0.395 e. The fourth-order valence-electron chi connectivity index (χ4n) is 2.95.